The van der Waals surface area contributed by atoms with Gasteiger partial charge in [-0.15, -0.1) is 12.4 Å². The topological polar surface area (TPSA) is 75.4 Å². The van der Waals surface area contributed by atoms with Gasteiger partial charge in [0.1, 0.15) is 0 Å². The fourth-order valence-electron chi connectivity index (χ4n) is 2.29. The van der Waals surface area contributed by atoms with Crippen molar-refractivity contribution < 1.29 is 9.59 Å². The predicted octanol–water partition coefficient (Wildman–Crippen LogP) is 1.93. The molecule has 0 aliphatic carbocycles. The molecule has 1 fully saturated rings. The van der Waals surface area contributed by atoms with Gasteiger partial charge in [0.05, 0.1) is 11.6 Å². The van der Waals surface area contributed by atoms with E-state index in [0.717, 1.165) is 10.2 Å². The number of anilines is 1. The summed E-state index contributed by atoms with van der Waals surface area (Å²) in [4.78, 5) is 25.9. The monoisotopic (exact) mass is 389 g/mol. The van der Waals surface area contributed by atoms with Crippen LogP contribution in [0.3, 0.4) is 0 Å². The Balaban J connectivity index is 0.00000242. The molecule has 3 N–H and O–H groups in total. The number of rotatable bonds is 5. The lowest BCUT2D eigenvalue weighted by molar-refractivity contribution is -0.126. The van der Waals surface area contributed by atoms with Crippen molar-refractivity contribution in [3.8, 4) is 0 Å². The van der Waals surface area contributed by atoms with Gasteiger partial charge in [0.25, 0.3) is 0 Å². The minimum Gasteiger partial charge on any atom is -0.355 e. The first-order valence-electron chi connectivity index (χ1n) is 7.05. The maximum atomic E-state index is 12.1. The standard InChI is InChI=1S/C15H20BrN3O2.ClH/c1-10(7-17)8-18-15(21)11-6-14(20)19(9-11)13-5-3-2-4-12(13)16;/h2-5,10-11H,6-9,17H2,1H3,(H,18,21);1H. The summed E-state index contributed by atoms with van der Waals surface area (Å²) in [6.07, 6.45) is 0.254. The molecule has 0 aromatic heterocycles. The Labute approximate surface area is 145 Å². The molecule has 0 radical (unpaired) electrons. The Bertz CT molecular complexity index is 541. The average molecular weight is 391 g/mol. The first-order valence-corrected chi connectivity index (χ1v) is 7.85. The number of nitrogens with two attached hydrogens (primary N) is 1. The van der Waals surface area contributed by atoms with E-state index in [2.05, 4.69) is 21.2 Å². The number of para-hydroxylation sites is 1. The maximum absolute atomic E-state index is 12.1. The molecule has 1 aromatic rings. The van der Waals surface area contributed by atoms with Crippen LogP contribution in [0.5, 0.6) is 0 Å². The number of carbonyl (C=O) groups excluding carboxylic acids is 2. The van der Waals surface area contributed by atoms with Crippen molar-refractivity contribution >= 4 is 45.8 Å². The Morgan fingerprint density at radius 2 is 2.18 bits per heavy atom. The zero-order valence-corrected chi connectivity index (χ0v) is 14.8. The van der Waals surface area contributed by atoms with Gasteiger partial charge in [-0.2, -0.15) is 0 Å². The van der Waals surface area contributed by atoms with Gasteiger partial charge in [-0.05, 0) is 40.5 Å². The van der Waals surface area contributed by atoms with Gasteiger partial charge in [-0.1, -0.05) is 19.1 Å². The number of benzene rings is 1. The zero-order chi connectivity index (χ0) is 15.4. The maximum Gasteiger partial charge on any atom is 0.227 e. The van der Waals surface area contributed by atoms with Crippen LogP contribution in [0, 0.1) is 11.8 Å². The van der Waals surface area contributed by atoms with Crippen LogP contribution < -0.4 is 16.0 Å². The van der Waals surface area contributed by atoms with E-state index in [0.29, 0.717) is 19.6 Å². The summed E-state index contributed by atoms with van der Waals surface area (Å²) < 4.78 is 0.858. The molecular weight excluding hydrogens is 370 g/mol. The van der Waals surface area contributed by atoms with Crippen LogP contribution in [0.2, 0.25) is 0 Å². The SMILES string of the molecule is CC(CN)CNC(=O)C1CC(=O)N(c2ccccc2Br)C1.Cl. The van der Waals surface area contributed by atoms with Crippen LogP contribution >= 0.6 is 28.3 Å². The largest absolute Gasteiger partial charge is 0.355 e. The van der Waals surface area contributed by atoms with Crippen molar-refractivity contribution in [2.24, 2.45) is 17.6 Å². The predicted molar refractivity (Wildman–Crippen MR) is 93.1 cm³/mol. The van der Waals surface area contributed by atoms with E-state index in [1.54, 1.807) is 4.90 Å². The zero-order valence-electron chi connectivity index (χ0n) is 12.4. The average Bonchev–Trinajstić information content (AvgIpc) is 2.86. The van der Waals surface area contributed by atoms with Crippen molar-refractivity contribution in [2.45, 2.75) is 13.3 Å². The molecule has 22 heavy (non-hydrogen) atoms. The number of halogens is 2. The number of nitrogens with one attached hydrogen (secondary N) is 1. The smallest absolute Gasteiger partial charge is 0.227 e. The third-order valence-corrected chi connectivity index (χ3v) is 4.34. The highest BCUT2D eigenvalue weighted by atomic mass is 79.9. The number of hydrogen-bond acceptors (Lipinski definition) is 3. The van der Waals surface area contributed by atoms with Gasteiger partial charge in [0.2, 0.25) is 11.8 Å². The van der Waals surface area contributed by atoms with Crippen molar-refractivity contribution in [1.82, 2.24) is 5.32 Å². The third kappa shape index (κ3) is 4.44. The summed E-state index contributed by atoms with van der Waals surface area (Å²) in [5.74, 6) is -0.146. The van der Waals surface area contributed by atoms with Crippen LogP contribution in [0.4, 0.5) is 5.69 Å². The molecule has 1 saturated heterocycles. The van der Waals surface area contributed by atoms with E-state index >= 15 is 0 Å². The van der Waals surface area contributed by atoms with Crippen molar-refractivity contribution in [3.63, 3.8) is 0 Å². The number of amides is 2. The van der Waals surface area contributed by atoms with Crippen LogP contribution in [-0.4, -0.2) is 31.4 Å². The molecule has 2 unspecified atom stereocenters. The molecule has 122 valence electrons. The molecule has 2 amide bonds. The van der Waals surface area contributed by atoms with Crippen LogP contribution in [-0.2, 0) is 9.59 Å². The number of nitrogens with zero attached hydrogens (tertiary/aromatic N) is 1. The van der Waals surface area contributed by atoms with Gasteiger partial charge >= 0.3 is 0 Å². The first-order chi connectivity index (χ1) is 10.0. The van der Waals surface area contributed by atoms with Crippen molar-refractivity contribution in [3.05, 3.63) is 28.7 Å². The fourth-order valence-corrected chi connectivity index (χ4v) is 2.79. The molecule has 7 heteroatoms. The molecular formula is C15H21BrClN3O2. The van der Waals surface area contributed by atoms with E-state index in [-0.39, 0.29) is 42.5 Å². The summed E-state index contributed by atoms with van der Waals surface area (Å²) in [6, 6.07) is 7.54. The van der Waals surface area contributed by atoms with Crippen LogP contribution in [0.15, 0.2) is 28.7 Å². The lowest BCUT2D eigenvalue weighted by atomic mass is 10.1. The van der Waals surface area contributed by atoms with Crippen LogP contribution in [0.25, 0.3) is 0 Å². The second kappa shape index (κ2) is 8.50. The molecule has 0 saturated carbocycles. The molecule has 1 aliphatic rings. The summed E-state index contributed by atoms with van der Waals surface area (Å²) in [7, 11) is 0. The Morgan fingerprint density at radius 3 is 2.82 bits per heavy atom. The Kier molecular flexibility index (Phi) is 7.32. The lowest BCUT2D eigenvalue weighted by Crippen LogP contribution is -2.36. The van der Waals surface area contributed by atoms with Gasteiger partial charge in [0.15, 0.2) is 0 Å². The van der Waals surface area contributed by atoms with E-state index in [1.807, 2.05) is 31.2 Å². The summed E-state index contributed by atoms with van der Waals surface area (Å²) in [5.41, 5.74) is 6.34. The van der Waals surface area contributed by atoms with E-state index in [1.165, 1.54) is 0 Å². The Hall–Kier alpha value is -1.11. The van der Waals surface area contributed by atoms with Gasteiger partial charge in [-0.3, -0.25) is 9.59 Å². The molecule has 0 spiro atoms. The second-order valence-corrected chi connectivity index (χ2v) is 6.30. The van der Waals surface area contributed by atoms with Gasteiger partial charge in [-0.25, -0.2) is 0 Å². The lowest BCUT2D eigenvalue weighted by Gasteiger charge is -2.18. The molecule has 2 atom stereocenters. The normalized spacial score (nSPS) is 18.8. The first kappa shape index (κ1) is 18.9. The molecule has 1 aliphatic heterocycles. The second-order valence-electron chi connectivity index (χ2n) is 5.44. The highest BCUT2D eigenvalue weighted by Gasteiger charge is 2.35. The fraction of sp³-hybridized carbons (Fsp3) is 0.467. The minimum absolute atomic E-state index is 0. The van der Waals surface area contributed by atoms with Crippen molar-refractivity contribution in [1.29, 1.82) is 0 Å². The molecule has 0 bridgehead atoms. The highest BCUT2D eigenvalue weighted by molar-refractivity contribution is 9.10. The quantitative estimate of drug-likeness (QED) is 0.807. The molecule has 5 nitrogen and oxygen atoms in total. The Morgan fingerprint density at radius 1 is 1.50 bits per heavy atom. The number of carbonyl (C=O) groups is 2. The number of hydrogen-bond donors (Lipinski definition) is 2. The molecule has 1 aromatic carbocycles. The minimum atomic E-state index is -0.297. The van der Waals surface area contributed by atoms with E-state index in [4.69, 9.17) is 5.73 Å². The summed E-state index contributed by atoms with van der Waals surface area (Å²) >= 11 is 3.44. The summed E-state index contributed by atoms with van der Waals surface area (Å²) in [5, 5.41) is 2.87. The molecule has 2 rings (SSSR count). The highest BCUT2D eigenvalue weighted by Crippen LogP contribution is 2.31. The van der Waals surface area contributed by atoms with E-state index < -0.39 is 0 Å². The van der Waals surface area contributed by atoms with Gasteiger partial charge < -0.3 is 16.0 Å². The molecule has 1 heterocycles. The van der Waals surface area contributed by atoms with Gasteiger partial charge in [0, 0.05) is 24.0 Å². The van der Waals surface area contributed by atoms with Crippen LogP contribution in [0.1, 0.15) is 13.3 Å². The summed E-state index contributed by atoms with van der Waals surface area (Å²) in [6.45, 7) is 3.49. The van der Waals surface area contributed by atoms with E-state index in [9.17, 15) is 9.59 Å². The van der Waals surface area contributed by atoms with Crippen molar-refractivity contribution in [2.75, 3.05) is 24.5 Å². The third-order valence-electron chi connectivity index (χ3n) is 3.67.